The van der Waals surface area contributed by atoms with Crippen LogP contribution in [-0.2, 0) is 35.9 Å². The molecule has 51 heavy (non-hydrogen) atoms. The van der Waals surface area contributed by atoms with Gasteiger partial charge < -0.3 is 25.0 Å². The Balaban J connectivity index is 1.46. The molecule has 3 aromatic carbocycles. The summed E-state index contributed by atoms with van der Waals surface area (Å²) < 4.78 is 63.0. The molecule has 2 amide bonds. The monoisotopic (exact) mass is 742 g/mol. The summed E-state index contributed by atoms with van der Waals surface area (Å²) in [4.78, 5) is 28.5. The smallest absolute Gasteiger partial charge is 0.407 e. The zero-order chi connectivity index (χ0) is 37.2. The Labute approximate surface area is 302 Å². The second kappa shape index (κ2) is 17.9. The normalized spacial score (nSPS) is 17.0. The molecule has 3 atom stereocenters. The number of hydrogen-bond donors (Lipinski definition) is 2. The van der Waals surface area contributed by atoms with Gasteiger partial charge in [-0.1, -0.05) is 63.4 Å². The number of carbonyl (C=O) groups excluding carboxylic acids is 2. The number of methoxy groups -OCH3 is 1. The first-order valence-electron chi connectivity index (χ1n) is 17.2. The molecule has 14 heteroatoms. The number of carbonyl (C=O) groups is 2. The molecule has 1 heterocycles. The Hall–Kier alpha value is -4.14. The molecule has 0 aliphatic carbocycles. The fraction of sp³-hybridized carbons (Fsp3) is 0.459. The molecule has 12 nitrogen and oxygen atoms in total. The molecule has 1 fully saturated rings. The molecule has 0 radical (unpaired) electrons. The lowest BCUT2D eigenvalue weighted by Gasteiger charge is -2.39. The number of piperidine rings is 1. The Morgan fingerprint density at radius 2 is 1.71 bits per heavy atom. The summed E-state index contributed by atoms with van der Waals surface area (Å²) >= 11 is 0. The first-order chi connectivity index (χ1) is 24.2. The van der Waals surface area contributed by atoms with Gasteiger partial charge in [0.25, 0.3) is 5.91 Å². The summed E-state index contributed by atoms with van der Waals surface area (Å²) in [6, 6.07) is 20.0. The molecular formula is C37H50N4O8S2. The van der Waals surface area contributed by atoms with Gasteiger partial charge in [-0.3, -0.25) is 9.10 Å². The van der Waals surface area contributed by atoms with Crippen LogP contribution in [0.15, 0.2) is 77.7 Å². The second-order valence-electron chi connectivity index (χ2n) is 13.1. The third-order valence-electron chi connectivity index (χ3n) is 9.33. The predicted octanol–water partition coefficient (Wildman–Crippen LogP) is 5.84. The van der Waals surface area contributed by atoms with Gasteiger partial charge in [0.15, 0.2) is 9.84 Å². The number of amides is 2. The van der Waals surface area contributed by atoms with Crippen LogP contribution in [0.3, 0.4) is 0 Å². The third kappa shape index (κ3) is 11.2. The van der Waals surface area contributed by atoms with Crippen molar-refractivity contribution in [1.82, 2.24) is 5.32 Å². The van der Waals surface area contributed by atoms with Crippen molar-refractivity contribution in [3.8, 4) is 0 Å². The van der Waals surface area contributed by atoms with Crippen LogP contribution in [0.4, 0.5) is 21.9 Å². The van der Waals surface area contributed by atoms with Crippen LogP contribution in [0.2, 0.25) is 0 Å². The largest absolute Gasteiger partial charge is 0.445 e. The number of anilines is 3. The number of unbranched alkanes of at least 4 members (excludes halogenated alkanes) is 1. The number of alkyl carbamates (subject to hydrolysis) is 1. The van der Waals surface area contributed by atoms with Gasteiger partial charge in [-0.15, -0.1) is 0 Å². The van der Waals surface area contributed by atoms with E-state index in [4.69, 9.17) is 9.47 Å². The zero-order valence-electron chi connectivity index (χ0n) is 30.0. The van der Waals surface area contributed by atoms with E-state index in [2.05, 4.69) is 24.5 Å². The summed E-state index contributed by atoms with van der Waals surface area (Å²) in [5.74, 6) is 0.0523. The van der Waals surface area contributed by atoms with E-state index in [9.17, 15) is 26.4 Å². The molecule has 2 N–H and O–H groups in total. The second-order valence-corrected chi connectivity index (χ2v) is 17.2. The lowest BCUT2D eigenvalue weighted by atomic mass is 10.0. The van der Waals surface area contributed by atoms with Crippen LogP contribution in [0.5, 0.6) is 0 Å². The maximum absolute atomic E-state index is 13.7. The van der Waals surface area contributed by atoms with Crippen LogP contribution in [-0.4, -0.2) is 80.2 Å². The Bertz CT molecular complexity index is 1840. The van der Waals surface area contributed by atoms with Crippen LogP contribution < -0.4 is 19.8 Å². The van der Waals surface area contributed by atoms with Gasteiger partial charge in [0.2, 0.25) is 10.0 Å². The average molecular weight is 743 g/mol. The molecule has 0 spiro atoms. The highest BCUT2D eigenvalue weighted by Gasteiger charge is 2.32. The highest BCUT2D eigenvalue weighted by atomic mass is 32.2. The number of benzene rings is 3. The van der Waals surface area contributed by atoms with Gasteiger partial charge in [-0.05, 0) is 66.8 Å². The van der Waals surface area contributed by atoms with E-state index < -0.39 is 38.0 Å². The molecule has 0 saturated carbocycles. The van der Waals surface area contributed by atoms with Gasteiger partial charge in [-0.25, -0.2) is 21.6 Å². The number of nitrogens with one attached hydrogen (secondary N) is 2. The summed E-state index contributed by atoms with van der Waals surface area (Å²) in [7, 11) is -4.26. The van der Waals surface area contributed by atoms with Crippen molar-refractivity contribution in [2.45, 2.75) is 69.6 Å². The van der Waals surface area contributed by atoms with Crippen molar-refractivity contribution in [3.63, 3.8) is 0 Å². The van der Waals surface area contributed by atoms with Crippen molar-refractivity contribution < 1.29 is 35.9 Å². The van der Waals surface area contributed by atoms with Crippen molar-refractivity contribution >= 4 is 48.9 Å². The predicted molar refractivity (Wildman–Crippen MR) is 201 cm³/mol. The van der Waals surface area contributed by atoms with E-state index in [0.29, 0.717) is 43.2 Å². The third-order valence-corrected chi connectivity index (χ3v) is 12.3. The lowest BCUT2D eigenvalue weighted by Crippen LogP contribution is -2.55. The number of sulfonamides is 1. The molecule has 1 saturated heterocycles. The summed E-state index contributed by atoms with van der Waals surface area (Å²) in [5, 5.41) is 5.70. The lowest BCUT2D eigenvalue weighted by molar-refractivity contribution is 0.0546. The van der Waals surface area contributed by atoms with E-state index in [1.165, 1.54) is 31.3 Å². The molecule has 0 unspecified atom stereocenters. The summed E-state index contributed by atoms with van der Waals surface area (Å²) in [6.45, 7) is 5.33. The Kier molecular flexibility index (Phi) is 13.9. The van der Waals surface area contributed by atoms with Crippen molar-refractivity contribution in [3.05, 3.63) is 83.9 Å². The van der Waals surface area contributed by atoms with Crippen molar-refractivity contribution in [2.24, 2.45) is 5.92 Å². The molecule has 0 bridgehead atoms. The molecule has 1 aliphatic heterocycles. The average Bonchev–Trinajstić information content (AvgIpc) is 3.12. The van der Waals surface area contributed by atoms with E-state index in [0.717, 1.165) is 35.4 Å². The Morgan fingerprint density at radius 3 is 2.35 bits per heavy atom. The molecular weight excluding hydrogens is 693 g/mol. The van der Waals surface area contributed by atoms with Gasteiger partial charge in [-0.2, -0.15) is 0 Å². The number of nitrogens with zero attached hydrogens (tertiary/aromatic N) is 2. The Morgan fingerprint density at radius 1 is 1.00 bits per heavy atom. The number of rotatable bonds is 16. The standard InChI is InChI=1S/C37H50N4O8S2/c1-6-27(2)12-10-11-23-51(46,47)31-18-15-29(16-19-31)38-36(42)32-24-30(17-20-34(32)40(3)50(5,44)45)41-22-21-33(35(25-41)48-4)39-37(43)49-26-28-13-8-7-9-14-28/h7-9,13-20,24,27,33,35H,6,10-12,21-23,25-26H2,1-5H3,(H,38,42)(H,39,43)/t27-,33+,35-/m1/s1. The minimum atomic E-state index is -3.71. The molecule has 4 rings (SSSR count). The molecule has 278 valence electrons. The molecule has 0 aromatic heterocycles. The zero-order valence-corrected chi connectivity index (χ0v) is 31.6. The highest BCUT2D eigenvalue weighted by molar-refractivity contribution is 7.92. The van der Waals surface area contributed by atoms with E-state index in [1.807, 2.05) is 35.2 Å². The number of ether oxygens (including phenoxy) is 2. The van der Waals surface area contributed by atoms with Crippen LogP contribution in [0.25, 0.3) is 0 Å². The minimum absolute atomic E-state index is 0.0543. The maximum atomic E-state index is 13.7. The van der Waals surface area contributed by atoms with Crippen LogP contribution in [0.1, 0.15) is 61.9 Å². The summed E-state index contributed by atoms with van der Waals surface area (Å²) in [6.07, 6.45) is 4.12. The topological polar surface area (TPSA) is 151 Å². The van der Waals surface area contributed by atoms with Crippen molar-refractivity contribution in [2.75, 3.05) is 53.8 Å². The van der Waals surface area contributed by atoms with Gasteiger partial charge in [0.05, 0.1) is 40.3 Å². The van der Waals surface area contributed by atoms with Crippen molar-refractivity contribution in [1.29, 1.82) is 0 Å². The van der Waals surface area contributed by atoms with Gasteiger partial charge in [0, 0.05) is 38.6 Å². The summed E-state index contributed by atoms with van der Waals surface area (Å²) in [5.41, 5.74) is 2.18. The molecule has 3 aromatic rings. The van der Waals surface area contributed by atoms with E-state index in [-0.39, 0.29) is 34.5 Å². The fourth-order valence-corrected chi connectivity index (χ4v) is 7.76. The van der Waals surface area contributed by atoms with E-state index >= 15 is 0 Å². The quantitative estimate of drug-likeness (QED) is 0.172. The van der Waals surface area contributed by atoms with Crippen LogP contribution >= 0.6 is 0 Å². The number of sulfone groups is 1. The fourth-order valence-electron chi connectivity index (χ4n) is 5.88. The SMILES string of the molecule is CC[C@@H](C)CCCCS(=O)(=O)c1ccc(NC(=O)c2cc(N3CC[C@H](NC(=O)OCc4ccccc4)[C@H](OC)C3)ccc2N(C)S(C)(=O)=O)cc1. The maximum Gasteiger partial charge on any atom is 0.407 e. The minimum Gasteiger partial charge on any atom is -0.445 e. The first-order valence-corrected chi connectivity index (χ1v) is 20.7. The number of hydrogen-bond acceptors (Lipinski definition) is 9. The van der Waals surface area contributed by atoms with Gasteiger partial charge >= 0.3 is 6.09 Å². The molecule has 1 aliphatic rings. The highest BCUT2D eigenvalue weighted by Crippen LogP contribution is 2.30. The van der Waals surface area contributed by atoms with Gasteiger partial charge in [0.1, 0.15) is 6.61 Å². The van der Waals surface area contributed by atoms with Crippen LogP contribution in [0, 0.1) is 5.92 Å². The first kappa shape index (κ1) is 39.6. The van der Waals surface area contributed by atoms with E-state index in [1.54, 1.807) is 25.3 Å².